The molecular formula is C19H19N5O. The molecule has 3 aromatic rings. The van der Waals surface area contributed by atoms with E-state index in [1.807, 2.05) is 50.4 Å². The maximum Gasteiger partial charge on any atom is 0.245 e. The third-order valence-electron chi connectivity index (χ3n) is 4.42. The van der Waals surface area contributed by atoms with Gasteiger partial charge in [-0.1, -0.05) is 19.9 Å². The molecule has 126 valence electrons. The summed E-state index contributed by atoms with van der Waals surface area (Å²) in [5.74, 6) is -0.0970. The highest BCUT2D eigenvalue weighted by atomic mass is 16.2. The average molecular weight is 333 g/mol. The topological polar surface area (TPSA) is 74.2 Å². The zero-order valence-electron chi connectivity index (χ0n) is 14.2. The number of hydrogen-bond acceptors (Lipinski definition) is 4. The van der Waals surface area contributed by atoms with Crippen molar-refractivity contribution in [3.8, 4) is 0 Å². The number of amides is 1. The Balaban J connectivity index is 1.74. The summed E-state index contributed by atoms with van der Waals surface area (Å²) in [4.78, 5) is 24.6. The van der Waals surface area contributed by atoms with Crippen LogP contribution < -0.4 is 0 Å². The zero-order chi connectivity index (χ0) is 17.4. The minimum atomic E-state index is -0.125. The molecule has 1 atom stereocenters. The second kappa shape index (κ2) is 6.12. The fourth-order valence-corrected chi connectivity index (χ4v) is 3.10. The zero-order valence-corrected chi connectivity index (χ0v) is 14.2. The summed E-state index contributed by atoms with van der Waals surface area (Å²) < 4.78 is 0. The van der Waals surface area contributed by atoms with Crippen LogP contribution in [0.1, 0.15) is 37.6 Å². The molecule has 1 aliphatic heterocycles. The predicted octanol–water partition coefficient (Wildman–Crippen LogP) is 3.29. The number of hydrogen-bond donors (Lipinski definition) is 1. The van der Waals surface area contributed by atoms with E-state index in [4.69, 9.17) is 0 Å². The van der Waals surface area contributed by atoms with Crippen molar-refractivity contribution in [2.45, 2.75) is 26.3 Å². The summed E-state index contributed by atoms with van der Waals surface area (Å²) in [7, 11) is 0. The van der Waals surface area contributed by atoms with Crippen molar-refractivity contribution in [1.82, 2.24) is 20.0 Å². The lowest BCUT2D eigenvalue weighted by atomic mass is 9.99. The van der Waals surface area contributed by atoms with Gasteiger partial charge in [0.25, 0.3) is 0 Å². The molecule has 0 bridgehead atoms. The Kier molecular flexibility index (Phi) is 3.80. The number of nitrogens with one attached hydrogen (secondary N) is 1. The molecule has 25 heavy (non-hydrogen) atoms. The smallest absolute Gasteiger partial charge is 0.245 e. The number of H-pyrrole nitrogens is 1. The van der Waals surface area contributed by atoms with Crippen molar-refractivity contribution in [1.29, 1.82) is 0 Å². The van der Waals surface area contributed by atoms with Gasteiger partial charge in [0.05, 0.1) is 28.5 Å². The molecule has 0 aliphatic carbocycles. The van der Waals surface area contributed by atoms with Gasteiger partial charge in [-0.3, -0.25) is 14.8 Å². The van der Waals surface area contributed by atoms with Gasteiger partial charge in [0.1, 0.15) is 0 Å². The summed E-state index contributed by atoms with van der Waals surface area (Å²) >= 11 is 0. The predicted molar refractivity (Wildman–Crippen MR) is 95.9 cm³/mol. The van der Waals surface area contributed by atoms with E-state index in [9.17, 15) is 4.79 Å². The number of fused-ring (bicyclic) bond motifs is 1. The van der Waals surface area contributed by atoms with Crippen molar-refractivity contribution in [2.75, 3.05) is 0 Å². The third kappa shape index (κ3) is 2.80. The second-order valence-electron chi connectivity index (χ2n) is 6.49. The summed E-state index contributed by atoms with van der Waals surface area (Å²) in [6, 6.07) is 9.74. The Hall–Kier alpha value is -3.02. The lowest BCUT2D eigenvalue weighted by Crippen LogP contribution is -2.30. The molecule has 6 heteroatoms. The van der Waals surface area contributed by atoms with E-state index in [0.717, 1.165) is 28.0 Å². The molecule has 6 nitrogen and oxygen atoms in total. The SMILES string of the molecule is CC(C)C(=O)N1N=C(c2ccc[nH]2)C[C@@H]1c1ccc2nccnc2c1. The fraction of sp³-hybridized carbons (Fsp3) is 0.263. The van der Waals surface area contributed by atoms with Crippen LogP contribution in [0, 0.1) is 5.92 Å². The maximum atomic E-state index is 12.7. The Bertz CT molecular complexity index is 945. The molecule has 0 saturated carbocycles. The fourth-order valence-electron chi connectivity index (χ4n) is 3.10. The van der Waals surface area contributed by atoms with Crippen LogP contribution in [0.2, 0.25) is 0 Å². The molecule has 3 heterocycles. The number of rotatable bonds is 3. The molecule has 2 aromatic heterocycles. The Morgan fingerprint density at radius 1 is 1.20 bits per heavy atom. The number of aromatic nitrogens is 3. The lowest BCUT2D eigenvalue weighted by molar-refractivity contribution is -0.136. The van der Waals surface area contributed by atoms with E-state index in [1.165, 1.54) is 0 Å². The third-order valence-corrected chi connectivity index (χ3v) is 4.42. The molecule has 1 aromatic carbocycles. The van der Waals surface area contributed by atoms with Gasteiger partial charge in [-0.05, 0) is 29.8 Å². The first-order chi connectivity index (χ1) is 12.1. The van der Waals surface area contributed by atoms with Gasteiger partial charge in [0.15, 0.2) is 0 Å². The van der Waals surface area contributed by atoms with Gasteiger partial charge in [-0.25, -0.2) is 5.01 Å². The lowest BCUT2D eigenvalue weighted by Gasteiger charge is -2.23. The first-order valence-corrected chi connectivity index (χ1v) is 8.38. The maximum absolute atomic E-state index is 12.7. The van der Waals surface area contributed by atoms with Crippen molar-refractivity contribution in [2.24, 2.45) is 11.0 Å². The van der Waals surface area contributed by atoms with Crippen LogP contribution in [0.5, 0.6) is 0 Å². The Labute approximate surface area is 145 Å². The van der Waals surface area contributed by atoms with Gasteiger partial charge in [-0.15, -0.1) is 0 Å². The highest BCUT2D eigenvalue weighted by Crippen LogP contribution is 2.34. The molecule has 1 N–H and O–H groups in total. The average Bonchev–Trinajstić information content (AvgIpc) is 3.30. The largest absolute Gasteiger partial charge is 0.360 e. The molecular weight excluding hydrogens is 314 g/mol. The van der Waals surface area contributed by atoms with Crippen LogP contribution in [0.25, 0.3) is 11.0 Å². The van der Waals surface area contributed by atoms with Crippen LogP contribution in [-0.4, -0.2) is 31.6 Å². The van der Waals surface area contributed by atoms with Gasteiger partial charge >= 0.3 is 0 Å². The highest BCUT2D eigenvalue weighted by Gasteiger charge is 2.34. The number of benzene rings is 1. The van der Waals surface area contributed by atoms with E-state index in [-0.39, 0.29) is 17.9 Å². The molecule has 0 fully saturated rings. The molecule has 0 saturated heterocycles. The Morgan fingerprint density at radius 3 is 2.72 bits per heavy atom. The van der Waals surface area contributed by atoms with E-state index < -0.39 is 0 Å². The van der Waals surface area contributed by atoms with Crippen molar-refractivity contribution in [3.05, 3.63) is 60.2 Å². The van der Waals surface area contributed by atoms with E-state index in [0.29, 0.717) is 6.42 Å². The van der Waals surface area contributed by atoms with E-state index >= 15 is 0 Å². The van der Waals surface area contributed by atoms with E-state index in [2.05, 4.69) is 20.1 Å². The molecule has 1 aliphatic rings. The van der Waals surface area contributed by atoms with Gasteiger partial charge < -0.3 is 4.98 Å². The summed E-state index contributed by atoms with van der Waals surface area (Å²) in [6.45, 7) is 3.79. The van der Waals surface area contributed by atoms with Crippen LogP contribution in [0.15, 0.2) is 54.0 Å². The summed E-state index contributed by atoms with van der Waals surface area (Å²) in [5, 5.41) is 6.25. The Morgan fingerprint density at radius 2 is 2.00 bits per heavy atom. The van der Waals surface area contributed by atoms with Crippen molar-refractivity contribution in [3.63, 3.8) is 0 Å². The minimum absolute atomic E-state index is 0.0193. The molecule has 0 radical (unpaired) electrons. The molecule has 0 spiro atoms. The van der Waals surface area contributed by atoms with Crippen LogP contribution in [-0.2, 0) is 4.79 Å². The second-order valence-corrected chi connectivity index (χ2v) is 6.49. The quantitative estimate of drug-likeness (QED) is 0.799. The number of carbonyl (C=O) groups is 1. The summed E-state index contributed by atoms with van der Waals surface area (Å²) in [5.41, 5.74) is 4.53. The standard InChI is InChI=1S/C19H19N5O/c1-12(2)19(25)24-18(11-17(23-24)14-4-3-7-20-14)13-5-6-15-16(10-13)22-9-8-21-15/h3-10,12,18,20H,11H2,1-2H3/t18-/m1/s1. The van der Waals surface area contributed by atoms with Gasteiger partial charge in [-0.2, -0.15) is 5.10 Å². The minimum Gasteiger partial charge on any atom is -0.360 e. The van der Waals surface area contributed by atoms with Gasteiger partial charge in [0.2, 0.25) is 5.91 Å². The monoisotopic (exact) mass is 333 g/mol. The van der Waals surface area contributed by atoms with Crippen molar-refractivity contribution >= 4 is 22.7 Å². The van der Waals surface area contributed by atoms with Crippen molar-refractivity contribution < 1.29 is 4.79 Å². The normalized spacial score (nSPS) is 17.3. The first-order valence-electron chi connectivity index (χ1n) is 8.38. The van der Waals surface area contributed by atoms with Crippen LogP contribution in [0.3, 0.4) is 0 Å². The summed E-state index contributed by atoms with van der Waals surface area (Å²) in [6.07, 6.45) is 5.90. The number of hydrazone groups is 1. The number of carbonyl (C=O) groups excluding carboxylic acids is 1. The van der Waals surface area contributed by atoms with Crippen LogP contribution in [0.4, 0.5) is 0 Å². The first kappa shape index (κ1) is 15.5. The van der Waals surface area contributed by atoms with Crippen LogP contribution >= 0.6 is 0 Å². The molecule has 1 amide bonds. The number of nitrogens with zero attached hydrogens (tertiary/aromatic N) is 4. The van der Waals surface area contributed by atoms with Gasteiger partial charge in [0, 0.05) is 30.9 Å². The van der Waals surface area contributed by atoms with E-state index in [1.54, 1.807) is 17.4 Å². The number of aromatic amines is 1. The molecule has 0 unspecified atom stereocenters. The highest BCUT2D eigenvalue weighted by molar-refractivity contribution is 6.02. The molecule has 4 rings (SSSR count).